The molecule has 66 valence electrons. The molecule has 1 saturated carbocycles. The Morgan fingerprint density at radius 3 is 2.64 bits per heavy atom. The summed E-state index contributed by atoms with van der Waals surface area (Å²) >= 11 is 7.86. The lowest BCUT2D eigenvalue weighted by molar-refractivity contribution is 0.753. The molecule has 1 aliphatic rings. The fourth-order valence-corrected chi connectivity index (χ4v) is 3.02. The van der Waals surface area contributed by atoms with Gasteiger partial charge in [-0.05, 0) is 24.5 Å². The fraction of sp³-hybridized carbons (Fsp3) is 1.00. The van der Waals surface area contributed by atoms with Gasteiger partial charge in [-0.3, -0.25) is 0 Å². The van der Waals surface area contributed by atoms with Crippen molar-refractivity contribution in [2.24, 2.45) is 5.92 Å². The molecule has 11 heavy (non-hydrogen) atoms. The SMILES string of the molecule is CC(CCl)CSC1CCCC1. The summed E-state index contributed by atoms with van der Waals surface area (Å²) in [6.07, 6.45) is 5.79. The maximum absolute atomic E-state index is 5.72. The van der Waals surface area contributed by atoms with E-state index in [1.165, 1.54) is 31.4 Å². The first-order valence-corrected chi connectivity index (χ1v) is 6.09. The smallest absolute Gasteiger partial charge is 0.0257 e. The van der Waals surface area contributed by atoms with Gasteiger partial charge in [0.05, 0.1) is 0 Å². The van der Waals surface area contributed by atoms with Crippen LogP contribution < -0.4 is 0 Å². The van der Waals surface area contributed by atoms with Crippen LogP contribution in [0.1, 0.15) is 32.6 Å². The summed E-state index contributed by atoms with van der Waals surface area (Å²) in [6, 6.07) is 0. The van der Waals surface area contributed by atoms with Crippen molar-refractivity contribution >= 4 is 23.4 Å². The maximum Gasteiger partial charge on any atom is 0.0257 e. The minimum Gasteiger partial charge on any atom is -0.158 e. The summed E-state index contributed by atoms with van der Waals surface area (Å²) in [6.45, 7) is 2.23. The van der Waals surface area contributed by atoms with Gasteiger partial charge in [0.1, 0.15) is 0 Å². The molecule has 0 N–H and O–H groups in total. The molecule has 0 aromatic carbocycles. The van der Waals surface area contributed by atoms with E-state index < -0.39 is 0 Å². The Balaban J connectivity index is 2.01. The van der Waals surface area contributed by atoms with Gasteiger partial charge in [0, 0.05) is 11.1 Å². The molecule has 0 nitrogen and oxygen atoms in total. The first-order chi connectivity index (χ1) is 5.33. The zero-order chi connectivity index (χ0) is 8.10. The van der Waals surface area contributed by atoms with Gasteiger partial charge in [0.2, 0.25) is 0 Å². The van der Waals surface area contributed by atoms with Crippen LogP contribution in [0, 0.1) is 5.92 Å². The van der Waals surface area contributed by atoms with Crippen molar-refractivity contribution in [1.82, 2.24) is 0 Å². The minimum absolute atomic E-state index is 0.697. The predicted molar refractivity (Wildman–Crippen MR) is 54.6 cm³/mol. The highest BCUT2D eigenvalue weighted by Crippen LogP contribution is 2.30. The van der Waals surface area contributed by atoms with E-state index in [-0.39, 0.29) is 0 Å². The van der Waals surface area contributed by atoms with Gasteiger partial charge >= 0.3 is 0 Å². The van der Waals surface area contributed by atoms with Crippen LogP contribution in [0.4, 0.5) is 0 Å². The number of alkyl halides is 1. The summed E-state index contributed by atoms with van der Waals surface area (Å²) < 4.78 is 0. The number of hydrogen-bond donors (Lipinski definition) is 0. The second kappa shape index (κ2) is 5.31. The van der Waals surface area contributed by atoms with Crippen LogP contribution in [-0.2, 0) is 0 Å². The van der Waals surface area contributed by atoms with Crippen molar-refractivity contribution in [3.63, 3.8) is 0 Å². The third-order valence-electron chi connectivity index (χ3n) is 2.18. The molecule has 1 aliphatic carbocycles. The average Bonchev–Trinajstić information content (AvgIpc) is 2.52. The molecule has 0 bridgehead atoms. The maximum atomic E-state index is 5.72. The Morgan fingerprint density at radius 2 is 2.09 bits per heavy atom. The summed E-state index contributed by atoms with van der Waals surface area (Å²) in [7, 11) is 0. The lowest BCUT2D eigenvalue weighted by atomic mass is 10.3. The average molecular weight is 193 g/mol. The molecule has 0 aliphatic heterocycles. The van der Waals surface area contributed by atoms with Gasteiger partial charge in [-0.25, -0.2) is 0 Å². The van der Waals surface area contributed by atoms with E-state index in [2.05, 4.69) is 18.7 Å². The van der Waals surface area contributed by atoms with Crippen molar-refractivity contribution in [1.29, 1.82) is 0 Å². The van der Waals surface area contributed by atoms with E-state index in [1.54, 1.807) is 0 Å². The molecule has 2 heteroatoms. The second-order valence-corrected chi connectivity index (χ2v) is 5.14. The molecule has 1 unspecified atom stereocenters. The molecule has 1 atom stereocenters. The first-order valence-electron chi connectivity index (χ1n) is 4.50. The zero-order valence-electron chi connectivity index (χ0n) is 7.18. The lowest BCUT2D eigenvalue weighted by Crippen LogP contribution is -2.04. The Hall–Kier alpha value is 0.640. The van der Waals surface area contributed by atoms with Crippen molar-refractivity contribution in [3.05, 3.63) is 0 Å². The van der Waals surface area contributed by atoms with Crippen LogP contribution in [0.15, 0.2) is 0 Å². The molecule has 0 heterocycles. The summed E-state index contributed by atoms with van der Waals surface area (Å²) in [5.74, 6) is 2.77. The first kappa shape index (κ1) is 9.73. The quantitative estimate of drug-likeness (QED) is 0.615. The van der Waals surface area contributed by atoms with Crippen LogP contribution >= 0.6 is 23.4 Å². The van der Waals surface area contributed by atoms with E-state index in [9.17, 15) is 0 Å². The molecular weight excluding hydrogens is 176 g/mol. The predicted octanol–water partition coefficient (Wildman–Crippen LogP) is 3.54. The van der Waals surface area contributed by atoms with E-state index in [1.807, 2.05) is 0 Å². The van der Waals surface area contributed by atoms with Crippen molar-refractivity contribution in [2.45, 2.75) is 37.9 Å². The van der Waals surface area contributed by atoms with Crippen LogP contribution in [-0.4, -0.2) is 16.9 Å². The third-order valence-corrected chi connectivity index (χ3v) is 4.41. The van der Waals surface area contributed by atoms with Crippen LogP contribution in [0.2, 0.25) is 0 Å². The van der Waals surface area contributed by atoms with Gasteiger partial charge in [0.15, 0.2) is 0 Å². The fourth-order valence-electron chi connectivity index (χ4n) is 1.40. The highest BCUT2D eigenvalue weighted by atomic mass is 35.5. The summed E-state index contributed by atoms with van der Waals surface area (Å²) in [4.78, 5) is 0. The minimum atomic E-state index is 0.697. The Bertz CT molecular complexity index is 99.7. The Labute approximate surface area is 79.1 Å². The molecule has 0 aromatic rings. The van der Waals surface area contributed by atoms with Crippen molar-refractivity contribution in [3.8, 4) is 0 Å². The molecule has 0 aromatic heterocycles. The van der Waals surface area contributed by atoms with Gasteiger partial charge in [-0.15, -0.1) is 11.6 Å². The van der Waals surface area contributed by atoms with E-state index in [0.717, 1.165) is 11.1 Å². The molecule has 1 fully saturated rings. The Morgan fingerprint density at radius 1 is 1.45 bits per heavy atom. The van der Waals surface area contributed by atoms with Crippen LogP contribution in [0.3, 0.4) is 0 Å². The van der Waals surface area contributed by atoms with E-state index in [0.29, 0.717) is 5.92 Å². The van der Waals surface area contributed by atoms with E-state index in [4.69, 9.17) is 11.6 Å². The summed E-state index contributed by atoms with van der Waals surface area (Å²) in [5.41, 5.74) is 0. The molecule has 0 radical (unpaired) electrons. The van der Waals surface area contributed by atoms with Crippen molar-refractivity contribution < 1.29 is 0 Å². The van der Waals surface area contributed by atoms with E-state index >= 15 is 0 Å². The van der Waals surface area contributed by atoms with Gasteiger partial charge < -0.3 is 0 Å². The Kier molecular flexibility index (Phi) is 4.70. The number of thioether (sulfide) groups is 1. The van der Waals surface area contributed by atoms with Gasteiger partial charge in [0.25, 0.3) is 0 Å². The van der Waals surface area contributed by atoms with Gasteiger partial charge in [-0.2, -0.15) is 11.8 Å². The molecule has 0 spiro atoms. The highest BCUT2D eigenvalue weighted by molar-refractivity contribution is 7.99. The zero-order valence-corrected chi connectivity index (χ0v) is 8.76. The second-order valence-electron chi connectivity index (χ2n) is 3.50. The standard InChI is InChI=1S/C9H17ClS/c1-8(6-10)7-11-9-4-2-3-5-9/h8-9H,2-7H2,1H3. The lowest BCUT2D eigenvalue weighted by Gasteiger charge is -2.11. The number of halogens is 1. The highest BCUT2D eigenvalue weighted by Gasteiger charge is 2.15. The third kappa shape index (κ3) is 3.71. The van der Waals surface area contributed by atoms with Crippen LogP contribution in [0.25, 0.3) is 0 Å². The van der Waals surface area contributed by atoms with Crippen molar-refractivity contribution in [2.75, 3.05) is 11.6 Å². The normalized spacial score (nSPS) is 22.4. The topological polar surface area (TPSA) is 0 Å². The molecule has 0 saturated heterocycles. The molecule has 0 amide bonds. The monoisotopic (exact) mass is 192 g/mol. The van der Waals surface area contributed by atoms with Crippen LogP contribution in [0.5, 0.6) is 0 Å². The molecular formula is C9H17ClS. The van der Waals surface area contributed by atoms with Gasteiger partial charge in [-0.1, -0.05) is 19.8 Å². The number of hydrogen-bond acceptors (Lipinski definition) is 1. The largest absolute Gasteiger partial charge is 0.158 e. The number of rotatable bonds is 4. The summed E-state index contributed by atoms with van der Waals surface area (Å²) in [5, 5.41) is 0.959. The molecule has 1 rings (SSSR count).